The monoisotopic (exact) mass is 356 g/mol. The molecule has 0 saturated heterocycles. The second-order valence-corrected chi connectivity index (χ2v) is 5.69. The second-order valence-electron chi connectivity index (χ2n) is 5.25. The average Bonchev–Trinajstić information content (AvgIpc) is 2.56. The molecule has 0 aliphatic heterocycles. The molecule has 0 bridgehead atoms. The minimum Gasteiger partial charge on any atom is -0.338 e. The predicted octanol–water partition coefficient (Wildman–Crippen LogP) is 4.57. The van der Waals surface area contributed by atoms with Crippen molar-refractivity contribution in [2.24, 2.45) is 0 Å². The van der Waals surface area contributed by atoms with Crippen molar-refractivity contribution in [3.63, 3.8) is 0 Å². The minimum absolute atomic E-state index is 0.159. The van der Waals surface area contributed by atoms with Gasteiger partial charge in [-0.3, -0.25) is 4.79 Å². The number of nitrogens with zero attached hydrogens (tertiary/aromatic N) is 2. The van der Waals surface area contributed by atoms with E-state index in [0.29, 0.717) is 22.4 Å². The molecular weight excluding hydrogens is 343 g/mol. The first-order valence-electron chi connectivity index (χ1n) is 7.45. The summed E-state index contributed by atoms with van der Waals surface area (Å²) in [5, 5.41) is 6.08. The summed E-state index contributed by atoms with van der Waals surface area (Å²) >= 11 is 5.91. The second kappa shape index (κ2) is 7.27. The Morgan fingerprint density at radius 1 is 1.08 bits per heavy atom. The number of benzene rings is 2. The quantitative estimate of drug-likeness (QED) is 0.718. The molecule has 1 heterocycles. The largest absolute Gasteiger partial charge is 0.338 e. The van der Waals surface area contributed by atoms with Crippen molar-refractivity contribution in [1.82, 2.24) is 9.97 Å². The summed E-state index contributed by atoms with van der Waals surface area (Å²) in [5.74, 6) is -0.112. The molecule has 0 saturated carbocycles. The van der Waals surface area contributed by atoms with Gasteiger partial charge in [0, 0.05) is 16.8 Å². The molecule has 3 rings (SSSR count). The van der Waals surface area contributed by atoms with Gasteiger partial charge in [-0.2, -0.15) is 0 Å². The molecule has 1 aromatic heterocycles. The number of halogens is 2. The zero-order valence-corrected chi connectivity index (χ0v) is 14.0. The first-order valence-corrected chi connectivity index (χ1v) is 7.83. The van der Waals surface area contributed by atoms with Gasteiger partial charge in [-0.25, -0.2) is 14.4 Å². The summed E-state index contributed by atoms with van der Waals surface area (Å²) < 4.78 is 13.8. The Morgan fingerprint density at radius 2 is 1.88 bits per heavy atom. The van der Waals surface area contributed by atoms with Crippen molar-refractivity contribution in [1.29, 1.82) is 0 Å². The molecule has 2 aromatic carbocycles. The summed E-state index contributed by atoms with van der Waals surface area (Å²) in [5.41, 5.74) is 0.977. The van der Waals surface area contributed by atoms with E-state index < -0.39 is 11.7 Å². The predicted molar refractivity (Wildman–Crippen MR) is 95.9 cm³/mol. The van der Waals surface area contributed by atoms with Crippen molar-refractivity contribution < 1.29 is 9.18 Å². The fraction of sp³-hybridized carbons (Fsp3) is 0.0556. The SMILES string of the molecule is Cc1nc(Nc2ccccc2F)cc(C(=O)Nc2cccc(Cl)c2)n1. The van der Waals surface area contributed by atoms with Gasteiger partial charge >= 0.3 is 0 Å². The highest BCUT2D eigenvalue weighted by molar-refractivity contribution is 6.30. The highest BCUT2D eigenvalue weighted by atomic mass is 35.5. The van der Waals surface area contributed by atoms with Gasteiger partial charge in [0.1, 0.15) is 23.2 Å². The van der Waals surface area contributed by atoms with Crippen molar-refractivity contribution in [2.75, 3.05) is 10.6 Å². The molecule has 0 spiro atoms. The molecular formula is C18H14ClFN4O. The summed E-state index contributed by atoms with van der Waals surface area (Å²) in [6.45, 7) is 1.66. The average molecular weight is 357 g/mol. The summed E-state index contributed by atoms with van der Waals surface area (Å²) in [6.07, 6.45) is 0. The maximum absolute atomic E-state index is 13.8. The van der Waals surface area contributed by atoms with E-state index in [2.05, 4.69) is 20.6 Å². The molecule has 0 unspecified atom stereocenters. The van der Waals surface area contributed by atoms with Crippen molar-refractivity contribution in [3.8, 4) is 0 Å². The van der Waals surface area contributed by atoms with E-state index in [9.17, 15) is 9.18 Å². The Bertz CT molecular complexity index is 932. The minimum atomic E-state index is -0.413. The van der Waals surface area contributed by atoms with Crippen LogP contribution in [0.5, 0.6) is 0 Å². The smallest absolute Gasteiger partial charge is 0.274 e. The van der Waals surface area contributed by atoms with E-state index in [1.165, 1.54) is 12.1 Å². The topological polar surface area (TPSA) is 66.9 Å². The van der Waals surface area contributed by atoms with Crippen molar-refractivity contribution in [2.45, 2.75) is 6.92 Å². The summed E-state index contributed by atoms with van der Waals surface area (Å²) in [4.78, 5) is 20.7. The lowest BCUT2D eigenvalue weighted by atomic mass is 10.2. The molecule has 5 nitrogen and oxygen atoms in total. The lowest BCUT2D eigenvalue weighted by molar-refractivity contribution is 0.102. The zero-order valence-electron chi connectivity index (χ0n) is 13.3. The van der Waals surface area contributed by atoms with E-state index in [0.717, 1.165) is 0 Å². The van der Waals surface area contributed by atoms with Crippen LogP contribution in [0.3, 0.4) is 0 Å². The lowest BCUT2D eigenvalue weighted by Gasteiger charge is -2.10. The number of rotatable bonds is 4. The number of para-hydroxylation sites is 1. The highest BCUT2D eigenvalue weighted by Crippen LogP contribution is 2.20. The lowest BCUT2D eigenvalue weighted by Crippen LogP contribution is -2.15. The Kier molecular flexibility index (Phi) is 4.90. The normalized spacial score (nSPS) is 10.4. The van der Waals surface area contributed by atoms with Gasteiger partial charge < -0.3 is 10.6 Å². The van der Waals surface area contributed by atoms with E-state index in [-0.39, 0.29) is 11.4 Å². The molecule has 0 aliphatic carbocycles. The molecule has 126 valence electrons. The summed E-state index contributed by atoms with van der Waals surface area (Å²) in [6, 6.07) is 14.5. The van der Waals surface area contributed by atoms with Crippen molar-refractivity contribution in [3.05, 3.63) is 77.0 Å². The molecule has 7 heteroatoms. The number of aryl methyl sites for hydroxylation is 1. The number of amides is 1. The van der Waals surface area contributed by atoms with Crippen LogP contribution in [0.4, 0.5) is 21.6 Å². The van der Waals surface area contributed by atoms with Gasteiger partial charge in [0.2, 0.25) is 0 Å². The third-order valence-corrected chi connectivity index (χ3v) is 3.52. The standard InChI is InChI=1S/C18H14ClFN4O/c1-11-21-16(18(25)23-13-6-4-5-12(19)9-13)10-17(22-11)24-15-8-3-2-7-14(15)20/h2-10H,1H3,(H,23,25)(H,21,22,24). The fourth-order valence-electron chi connectivity index (χ4n) is 2.21. The number of aromatic nitrogens is 2. The van der Waals surface area contributed by atoms with Gasteiger partial charge in [-0.1, -0.05) is 29.8 Å². The number of anilines is 3. The zero-order chi connectivity index (χ0) is 17.8. The molecule has 1 amide bonds. The van der Waals surface area contributed by atoms with Crippen LogP contribution in [0.2, 0.25) is 5.02 Å². The first-order chi connectivity index (χ1) is 12.0. The van der Waals surface area contributed by atoms with Crippen LogP contribution >= 0.6 is 11.6 Å². The van der Waals surface area contributed by atoms with Crippen LogP contribution in [0, 0.1) is 12.7 Å². The maximum Gasteiger partial charge on any atom is 0.274 e. The third kappa shape index (κ3) is 4.30. The van der Waals surface area contributed by atoms with Gasteiger partial charge in [0.25, 0.3) is 5.91 Å². The van der Waals surface area contributed by atoms with Gasteiger partial charge in [-0.15, -0.1) is 0 Å². The van der Waals surface area contributed by atoms with Crippen LogP contribution in [-0.2, 0) is 0 Å². The molecule has 25 heavy (non-hydrogen) atoms. The van der Waals surface area contributed by atoms with Gasteiger partial charge in [-0.05, 0) is 37.3 Å². The molecule has 2 N–H and O–H groups in total. The Balaban J connectivity index is 1.83. The van der Waals surface area contributed by atoms with Crippen molar-refractivity contribution >= 4 is 34.7 Å². The van der Waals surface area contributed by atoms with Crippen LogP contribution in [-0.4, -0.2) is 15.9 Å². The number of carbonyl (C=O) groups excluding carboxylic acids is 1. The molecule has 3 aromatic rings. The Hall–Kier alpha value is -2.99. The highest BCUT2D eigenvalue weighted by Gasteiger charge is 2.12. The van der Waals surface area contributed by atoms with Gasteiger partial charge in [0.15, 0.2) is 0 Å². The Labute approximate surface area is 148 Å². The Morgan fingerprint density at radius 3 is 2.64 bits per heavy atom. The van der Waals surface area contributed by atoms with E-state index in [1.54, 1.807) is 49.4 Å². The van der Waals surface area contributed by atoms with E-state index in [1.807, 2.05) is 0 Å². The third-order valence-electron chi connectivity index (χ3n) is 3.29. The van der Waals surface area contributed by atoms with E-state index in [4.69, 9.17) is 11.6 Å². The van der Waals surface area contributed by atoms with Crippen LogP contribution in [0.15, 0.2) is 54.6 Å². The van der Waals surface area contributed by atoms with Gasteiger partial charge in [0.05, 0.1) is 5.69 Å². The number of hydrogen-bond acceptors (Lipinski definition) is 4. The van der Waals surface area contributed by atoms with Crippen LogP contribution in [0.25, 0.3) is 0 Å². The van der Waals surface area contributed by atoms with Crippen LogP contribution < -0.4 is 10.6 Å². The molecule has 0 aliphatic rings. The number of carbonyl (C=O) groups is 1. The fourth-order valence-corrected chi connectivity index (χ4v) is 2.40. The number of nitrogens with one attached hydrogen (secondary N) is 2. The molecule has 0 atom stereocenters. The first kappa shape index (κ1) is 16.9. The van der Waals surface area contributed by atoms with Crippen LogP contribution in [0.1, 0.15) is 16.3 Å². The maximum atomic E-state index is 13.8. The van der Waals surface area contributed by atoms with E-state index >= 15 is 0 Å². The molecule has 0 radical (unpaired) electrons. The summed E-state index contributed by atoms with van der Waals surface area (Å²) in [7, 11) is 0. The number of hydrogen-bond donors (Lipinski definition) is 2. The molecule has 0 fully saturated rings.